The average Bonchev–Trinajstić information content (AvgIpc) is 2.37. The molecule has 0 saturated carbocycles. The van der Waals surface area contributed by atoms with E-state index in [9.17, 15) is 0 Å². The third-order valence-electron chi connectivity index (χ3n) is 4.83. The van der Waals surface area contributed by atoms with Gasteiger partial charge < -0.3 is 5.73 Å². The average molecular weight is 260 g/mol. The van der Waals surface area contributed by atoms with E-state index in [0.29, 0.717) is 18.6 Å². The molecule has 0 amide bonds. The molecule has 2 rings (SSSR count). The fraction of sp³-hybridized carbons (Fsp3) is 0.647. The van der Waals surface area contributed by atoms with E-state index in [4.69, 9.17) is 5.73 Å². The summed E-state index contributed by atoms with van der Waals surface area (Å²) in [5.41, 5.74) is 10.2. The summed E-state index contributed by atoms with van der Waals surface area (Å²) in [4.78, 5) is 2.62. The topological polar surface area (TPSA) is 29.3 Å². The largest absolute Gasteiger partial charge is 0.329 e. The van der Waals surface area contributed by atoms with Crippen molar-refractivity contribution in [2.24, 2.45) is 11.7 Å². The molecule has 1 aliphatic heterocycles. The van der Waals surface area contributed by atoms with Crippen LogP contribution >= 0.6 is 0 Å². The first kappa shape index (κ1) is 14.5. The number of benzene rings is 1. The first-order chi connectivity index (χ1) is 9.04. The van der Waals surface area contributed by atoms with Crippen LogP contribution in [0.2, 0.25) is 0 Å². The lowest BCUT2D eigenvalue weighted by Crippen LogP contribution is -2.46. The number of nitrogens with zero attached hydrogens (tertiary/aromatic N) is 1. The maximum Gasteiger partial charge on any atom is 0.0476 e. The van der Waals surface area contributed by atoms with Crippen LogP contribution in [0.25, 0.3) is 0 Å². The molecule has 106 valence electrons. The van der Waals surface area contributed by atoms with Crippen molar-refractivity contribution >= 4 is 0 Å². The summed E-state index contributed by atoms with van der Waals surface area (Å²) < 4.78 is 0. The Bertz CT molecular complexity index is 427. The number of rotatable bonds is 3. The predicted octanol–water partition coefficient (Wildman–Crippen LogP) is 3.42. The van der Waals surface area contributed by atoms with E-state index in [1.807, 2.05) is 0 Å². The lowest BCUT2D eigenvalue weighted by atomic mass is 9.88. The van der Waals surface area contributed by atoms with Crippen molar-refractivity contribution in [2.75, 3.05) is 13.1 Å². The Morgan fingerprint density at radius 1 is 1.32 bits per heavy atom. The van der Waals surface area contributed by atoms with Crippen LogP contribution < -0.4 is 5.73 Å². The Labute approximate surface area is 118 Å². The molecule has 1 aromatic rings. The molecule has 1 fully saturated rings. The summed E-state index contributed by atoms with van der Waals surface area (Å²) in [6.07, 6.45) is 2.65. The molecule has 1 saturated heterocycles. The molecule has 0 spiro atoms. The number of aryl methyl sites for hydroxylation is 2. The van der Waals surface area contributed by atoms with E-state index < -0.39 is 0 Å². The molecular formula is C17H28N2. The lowest BCUT2D eigenvalue weighted by Gasteiger charge is -2.43. The van der Waals surface area contributed by atoms with Crippen LogP contribution in [0, 0.1) is 19.8 Å². The molecule has 3 unspecified atom stereocenters. The van der Waals surface area contributed by atoms with Crippen molar-refractivity contribution in [1.82, 2.24) is 4.90 Å². The molecule has 2 heteroatoms. The third-order valence-corrected chi connectivity index (χ3v) is 4.83. The van der Waals surface area contributed by atoms with Crippen molar-refractivity contribution in [2.45, 2.75) is 52.6 Å². The molecule has 0 aromatic heterocycles. The molecule has 2 N–H and O–H groups in total. The van der Waals surface area contributed by atoms with Crippen LogP contribution in [-0.2, 0) is 0 Å². The van der Waals surface area contributed by atoms with Gasteiger partial charge in [-0.3, -0.25) is 4.90 Å². The van der Waals surface area contributed by atoms with Crippen LogP contribution in [0.15, 0.2) is 18.2 Å². The zero-order chi connectivity index (χ0) is 14.0. The first-order valence-electron chi connectivity index (χ1n) is 7.57. The second kappa shape index (κ2) is 6.06. The van der Waals surface area contributed by atoms with Crippen molar-refractivity contribution in [3.8, 4) is 0 Å². The summed E-state index contributed by atoms with van der Waals surface area (Å²) in [6.45, 7) is 11.0. The number of nitrogens with two attached hydrogens (primary N) is 1. The highest BCUT2D eigenvalue weighted by Gasteiger charge is 2.30. The number of hydrogen-bond acceptors (Lipinski definition) is 2. The third kappa shape index (κ3) is 3.01. The summed E-state index contributed by atoms with van der Waals surface area (Å²) in [7, 11) is 0. The summed E-state index contributed by atoms with van der Waals surface area (Å²) in [5, 5.41) is 0. The van der Waals surface area contributed by atoms with Crippen LogP contribution in [0.5, 0.6) is 0 Å². The van der Waals surface area contributed by atoms with E-state index >= 15 is 0 Å². The molecule has 1 heterocycles. The number of likely N-dealkylation sites (tertiary alicyclic amines) is 1. The van der Waals surface area contributed by atoms with Gasteiger partial charge in [0.15, 0.2) is 0 Å². The highest BCUT2D eigenvalue weighted by molar-refractivity contribution is 5.33. The zero-order valence-corrected chi connectivity index (χ0v) is 12.8. The summed E-state index contributed by atoms with van der Waals surface area (Å²) in [6, 6.07) is 7.76. The van der Waals surface area contributed by atoms with E-state index in [1.165, 1.54) is 36.1 Å². The molecule has 1 aromatic carbocycles. The normalized spacial score (nSPS) is 26.4. The highest BCUT2D eigenvalue weighted by atomic mass is 15.2. The van der Waals surface area contributed by atoms with E-state index in [1.54, 1.807) is 0 Å². The predicted molar refractivity (Wildman–Crippen MR) is 82.3 cm³/mol. The fourth-order valence-electron chi connectivity index (χ4n) is 3.45. The molecule has 3 atom stereocenters. The fourth-order valence-corrected chi connectivity index (χ4v) is 3.45. The smallest absolute Gasteiger partial charge is 0.0476 e. The second-order valence-corrected chi connectivity index (χ2v) is 6.21. The Kier molecular flexibility index (Phi) is 4.64. The van der Waals surface area contributed by atoms with Gasteiger partial charge in [-0.2, -0.15) is 0 Å². The van der Waals surface area contributed by atoms with Crippen molar-refractivity contribution in [3.63, 3.8) is 0 Å². The van der Waals surface area contributed by atoms with Gasteiger partial charge in [-0.25, -0.2) is 0 Å². The highest BCUT2D eigenvalue weighted by Crippen LogP contribution is 2.32. The van der Waals surface area contributed by atoms with E-state index in [0.717, 1.165) is 5.92 Å². The van der Waals surface area contributed by atoms with Gasteiger partial charge in [-0.1, -0.05) is 30.7 Å². The quantitative estimate of drug-likeness (QED) is 0.902. The molecule has 0 radical (unpaired) electrons. The Balaban J connectivity index is 2.28. The van der Waals surface area contributed by atoms with Gasteiger partial charge in [0.2, 0.25) is 0 Å². The molecule has 19 heavy (non-hydrogen) atoms. The minimum absolute atomic E-state index is 0.373. The van der Waals surface area contributed by atoms with Crippen LogP contribution in [-0.4, -0.2) is 24.0 Å². The first-order valence-corrected chi connectivity index (χ1v) is 7.57. The van der Waals surface area contributed by atoms with Gasteiger partial charge in [0.1, 0.15) is 0 Å². The monoisotopic (exact) mass is 260 g/mol. The molecule has 0 aliphatic carbocycles. The minimum atomic E-state index is 0.373. The van der Waals surface area contributed by atoms with Crippen LogP contribution in [0.3, 0.4) is 0 Å². The standard InChI is InChI=1S/C17H28N2/c1-12-7-8-16(14(3)10-12)17(11-18)19-9-5-6-13(2)15(19)4/h7-8,10,13,15,17H,5-6,9,11,18H2,1-4H3. The number of hydrogen-bond donors (Lipinski definition) is 1. The molecule has 1 aliphatic rings. The lowest BCUT2D eigenvalue weighted by molar-refractivity contribution is 0.0707. The Morgan fingerprint density at radius 2 is 2.05 bits per heavy atom. The van der Waals surface area contributed by atoms with Crippen LogP contribution in [0.4, 0.5) is 0 Å². The van der Waals surface area contributed by atoms with Crippen LogP contribution in [0.1, 0.15) is 49.4 Å². The summed E-state index contributed by atoms with van der Waals surface area (Å²) in [5.74, 6) is 0.772. The number of piperidine rings is 1. The second-order valence-electron chi connectivity index (χ2n) is 6.21. The Hall–Kier alpha value is -0.860. The molecular weight excluding hydrogens is 232 g/mol. The van der Waals surface area contributed by atoms with Gasteiger partial charge >= 0.3 is 0 Å². The SMILES string of the molecule is Cc1ccc(C(CN)N2CCCC(C)C2C)c(C)c1. The molecule has 0 bridgehead atoms. The summed E-state index contributed by atoms with van der Waals surface area (Å²) >= 11 is 0. The van der Waals surface area contributed by atoms with Crippen molar-refractivity contribution in [1.29, 1.82) is 0 Å². The van der Waals surface area contributed by atoms with Gasteiger partial charge in [0.05, 0.1) is 0 Å². The van der Waals surface area contributed by atoms with Crippen molar-refractivity contribution in [3.05, 3.63) is 34.9 Å². The molecule has 2 nitrogen and oxygen atoms in total. The van der Waals surface area contributed by atoms with Gasteiger partial charge in [0.25, 0.3) is 0 Å². The minimum Gasteiger partial charge on any atom is -0.329 e. The Morgan fingerprint density at radius 3 is 2.68 bits per heavy atom. The zero-order valence-electron chi connectivity index (χ0n) is 12.8. The van der Waals surface area contributed by atoms with Gasteiger partial charge in [-0.05, 0) is 57.2 Å². The van der Waals surface area contributed by atoms with E-state index in [-0.39, 0.29) is 0 Å². The maximum absolute atomic E-state index is 6.11. The van der Waals surface area contributed by atoms with Gasteiger partial charge in [0, 0.05) is 18.6 Å². The van der Waals surface area contributed by atoms with E-state index in [2.05, 4.69) is 50.8 Å². The van der Waals surface area contributed by atoms with Gasteiger partial charge in [-0.15, -0.1) is 0 Å². The van der Waals surface area contributed by atoms with Crippen molar-refractivity contribution < 1.29 is 0 Å². The maximum atomic E-state index is 6.11.